The zero-order chi connectivity index (χ0) is 17.8. The zero-order valence-electron chi connectivity index (χ0n) is 15.1. The Hall–Kier alpha value is -1.97. The first kappa shape index (κ1) is 17.4. The molecule has 1 aliphatic carbocycles. The normalized spacial score (nSPS) is 23.0. The Morgan fingerprint density at radius 2 is 1.62 bits per heavy atom. The van der Waals surface area contributed by atoms with Gasteiger partial charge in [0.2, 0.25) is 0 Å². The molecule has 0 amide bonds. The molecule has 26 heavy (non-hydrogen) atoms. The molecule has 3 nitrogen and oxygen atoms in total. The maximum Gasteiger partial charge on any atom is 0.168 e. The standard InChI is InChI=1S/C23H26O3/c24-21(19-12-6-2-7-13-19)16-20(18-10-4-1-5-11-18)22-17-25-23(26-22)14-8-3-9-15-23/h1-2,4-7,10-13,20,22H,3,8-9,14-17H2. The summed E-state index contributed by atoms with van der Waals surface area (Å²) < 4.78 is 12.6. The van der Waals surface area contributed by atoms with Crippen LogP contribution in [-0.4, -0.2) is 24.3 Å². The molecule has 2 aliphatic rings. The third-order valence-corrected chi connectivity index (χ3v) is 5.67. The smallest absolute Gasteiger partial charge is 0.168 e. The number of Topliss-reactive ketones (excluding diaryl/α,β-unsaturated/α-hetero) is 1. The number of hydrogen-bond donors (Lipinski definition) is 0. The maximum absolute atomic E-state index is 12.9. The van der Waals surface area contributed by atoms with E-state index in [1.54, 1.807) is 0 Å². The Bertz CT molecular complexity index is 720. The summed E-state index contributed by atoms with van der Waals surface area (Å²) in [5.41, 5.74) is 1.91. The highest BCUT2D eigenvalue weighted by atomic mass is 16.7. The van der Waals surface area contributed by atoms with Gasteiger partial charge in [0.25, 0.3) is 0 Å². The molecule has 2 atom stereocenters. The molecule has 4 rings (SSSR count). The molecule has 2 unspecified atom stereocenters. The summed E-state index contributed by atoms with van der Waals surface area (Å²) in [5, 5.41) is 0. The second-order valence-electron chi connectivity index (χ2n) is 7.45. The van der Waals surface area contributed by atoms with Gasteiger partial charge in [0.1, 0.15) is 0 Å². The quantitative estimate of drug-likeness (QED) is 0.702. The van der Waals surface area contributed by atoms with E-state index in [9.17, 15) is 4.79 Å². The fourth-order valence-electron chi connectivity index (χ4n) is 4.23. The highest BCUT2D eigenvalue weighted by Gasteiger charge is 2.45. The fourth-order valence-corrected chi connectivity index (χ4v) is 4.23. The van der Waals surface area contributed by atoms with Gasteiger partial charge in [-0.2, -0.15) is 0 Å². The van der Waals surface area contributed by atoms with Gasteiger partial charge < -0.3 is 9.47 Å². The number of ether oxygens (including phenoxy) is 2. The first-order valence-electron chi connectivity index (χ1n) is 9.71. The van der Waals surface area contributed by atoms with E-state index in [2.05, 4.69) is 12.1 Å². The first-order chi connectivity index (χ1) is 12.8. The second-order valence-corrected chi connectivity index (χ2v) is 7.45. The molecule has 1 saturated carbocycles. The molecule has 3 heteroatoms. The van der Waals surface area contributed by atoms with E-state index in [0.29, 0.717) is 13.0 Å². The van der Waals surface area contributed by atoms with E-state index in [1.165, 1.54) is 6.42 Å². The van der Waals surface area contributed by atoms with Crippen LogP contribution in [-0.2, 0) is 9.47 Å². The van der Waals surface area contributed by atoms with Crippen molar-refractivity contribution in [2.45, 2.75) is 56.3 Å². The molecule has 2 aromatic rings. The van der Waals surface area contributed by atoms with Crippen LogP contribution < -0.4 is 0 Å². The maximum atomic E-state index is 12.9. The Morgan fingerprint density at radius 1 is 0.962 bits per heavy atom. The van der Waals surface area contributed by atoms with E-state index < -0.39 is 5.79 Å². The summed E-state index contributed by atoms with van der Waals surface area (Å²) >= 11 is 0. The number of benzene rings is 2. The van der Waals surface area contributed by atoms with Crippen molar-refractivity contribution in [2.75, 3.05) is 6.61 Å². The van der Waals surface area contributed by atoms with Crippen LogP contribution in [0.5, 0.6) is 0 Å². The summed E-state index contributed by atoms with van der Waals surface area (Å²) in [5.74, 6) is -0.232. The van der Waals surface area contributed by atoms with E-state index in [-0.39, 0.29) is 17.8 Å². The van der Waals surface area contributed by atoms with Crippen molar-refractivity contribution in [3.63, 3.8) is 0 Å². The van der Waals surface area contributed by atoms with Crippen molar-refractivity contribution in [3.8, 4) is 0 Å². The van der Waals surface area contributed by atoms with Crippen molar-refractivity contribution in [1.82, 2.24) is 0 Å². The summed E-state index contributed by atoms with van der Waals surface area (Å²) in [6.07, 6.45) is 5.89. The Labute approximate surface area is 155 Å². The van der Waals surface area contributed by atoms with Gasteiger partial charge in [-0.1, -0.05) is 67.1 Å². The molecular formula is C23H26O3. The summed E-state index contributed by atoms with van der Waals surface area (Å²) in [4.78, 5) is 12.9. The van der Waals surface area contributed by atoms with Crippen LogP contribution >= 0.6 is 0 Å². The van der Waals surface area contributed by atoms with Gasteiger partial charge in [-0.25, -0.2) is 0 Å². The molecule has 1 heterocycles. The molecule has 1 spiro atoms. The lowest BCUT2D eigenvalue weighted by atomic mass is 9.87. The van der Waals surface area contributed by atoms with Gasteiger partial charge in [-0.15, -0.1) is 0 Å². The van der Waals surface area contributed by atoms with E-state index in [1.807, 2.05) is 48.5 Å². The molecule has 0 radical (unpaired) electrons. The molecule has 0 bridgehead atoms. The second kappa shape index (κ2) is 7.73. The molecule has 136 valence electrons. The third kappa shape index (κ3) is 3.74. The van der Waals surface area contributed by atoms with Crippen LogP contribution in [0.1, 0.15) is 60.4 Å². The molecule has 2 fully saturated rings. The van der Waals surface area contributed by atoms with E-state index >= 15 is 0 Å². The van der Waals surface area contributed by atoms with Crippen LogP contribution in [0.2, 0.25) is 0 Å². The van der Waals surface area contributed by atoms with Crippen molar-refractivity contribution < 1.29 is 14.3 Å². The predicted octanol–water partition coefficient (Wildman–Crippen LogP) is 5.12. The largest absolute Gasteiger partial charge is 0.347 e. The third-order valence-electron chi connectivity index (χ3n) is 5.67. The number of rotatable bonds is 5. The summed E-state index contributed by atoms with van der Waals surface area (Å²) in [6.45, 7) is 0.571. The van der Waals surface area contributed by atoms with Crippen molar-refractivity contribution >= 4 is 5.78 Å². The Kier molecular flexibility index (Phi) is 5.18. The highest BCUT2D eigenvalue weighted by molar-refractivity contribution is 5.96. The van der Waals surface area contributed by atoms with Gasteiger partial charge >= 0.3 is 0 Å². The molecule has 0 N–H and O–H groups in total. The van der Waals surface area contributed by atoms with Crippen LogP contribution in [0.3, 0.4) is 0 Å². The van der Waals surface area contributed by atoms with Crippen LogP contribution in [0, 0.1) is 0 Å². The molecule has 2 aromatic carbocycles. The number of hydrogen-bond acceptors (Lipinski definition) is 3. The predicted molar refractivity (Wildman–Crippen MR) is 101 cm³/mol. The number of carbonyl (C=O) groups is 1. The molecule has 0 aromatic heterocycles. The molecule has 1 saturated heterocycles. The van der Waals surface area contributed by atoms with Crippen molar-refractivity contribution in [3.05, 3.63) is 71.8 Å². The SMILES string of the molecule is O=C(CC(c1ccccc1)C1COC2(CCCCC2)O1)c1ccccc1. The van der Waals surface area contributed by atoms with Crippen molar-refractivity contribution in [1.29, 1.82) is 0 Å². The lowest BCUT2D eigenvalue weighted by Gasteiger charge is -2.33. The van der Waals surface area contributed by atoms with Crippen LogP contribution in [0.4, 0.5) is 0 Å². The molecule has 1 aliphatic heterocycles. The van der Waals surface area contributed by atoms with Gasteiger partial charge in [-0.3, -0.25) is 4.79 Å². The number of ketones is 1. The fraction of sp³-hybridized carbons (Fsp3) is 0.435. The van der Waals surface area contributed by atoms with Gasteiger partial charge in [0.05, 0.1) is 12.7 Å². The minimum absolute atomic E-state index is 0.0187. The minimum Gasteiger partial charge on any atom is -0.347 e. The van der Waals surface area contributed by atoms with Crippen LogP contribution in [0.25, 0.3) is 0 Å². The van der Waals surface area contributed by atoms with E-state index in [0.717, 1.165) is 36.8 Å². The van der Waals surface area contributed by atoms with Gasteiger partial charge in [0.15, 0.2) is 11.6 Å². The average Bonchev–Trinajstić information content (AvgIpc) is 3.10. The van der Waals surface area contributed by atoms with Crippen LogP contribution in [0.15, 0.2) is 60.7 Å². The zero-order valence-corrected chi connectivity index (χ0v) is 15.1. The monoisotopic (exact) mass is 350 g/mol. The highest BCUT2D eigenvalue weighted by Crippen LogP contribution is 2.42. The minimum atomic E-state index is -0.411. The first-order valence-corrected chi connectivity index (χ1v) is 9.71. The average molecular weight is 350 g/mol. The summed E-state index contributed by atoms with van der Waals surface area (Å²) in [7, 11) is 0. The number of carbonyl (C=O) groups excluding carboxylic acids is 1. The Morgan fingerprint density at radius 3 is 2.31 bits per heavy atom. The Balaban J connectivity index is 1.55. The lowest BCUT2D eigenvalue weighted by molar-refractivity contribution is -0.188. The topological polar surface area (TPSA) is 35.5 Å². The lowest BCUT2D eigenvalue weighted by Crippen LogP contribution is -2.34. The van der Waals surface area contributed by atoms with Gasteiger partial charge in [-0.05, 0) is 18.4 Å². The van der Waals surface area contributed by atoms with Crippen molar-refractivity contribution in [2.24, 2.45) is 0 Å². The summed E-state index contributed by atoms with van der Waals surface area (Å²) in [6, 6.07) is 19.8. The van der Waals surface area contributed by atoms with E-state index in [4.69, 9.17) is 9.47 Å². The van der Waals surface area contributed by atoms with Gasteiger partial charge in [0, 0.05) is 30.7 Å². The molecular weight excluding hydrogens is 324 g/mol.